The number of aromatic nitrogens is 1. The Morgan fingerprint density at radius 3 is 2.59 bits per heavy atom. The van der Waals surface area contributed by atoms with Gasteiger partial charge in [0, 0.05) is 29.7 Å². The van der Waals surface area contributed by atoms with Gasteiger partial charge < -0.3 is 25.5 Å². The number of halogens is 1. The van der Waals surface area contributed by atoms with Crippen LogP contribution in [0.4, 0.5) is 0 Å². The van der Waals surface area contributed by atoms with Crippen molar-refractivity contribution in [2.45, 2.75) is 19.8 Å². The highest BCUT2D eigenvalue weighted by Crippen LogP contribution is 2.27. The summed E-state index contributed by atoms with van der Waals surface area (Å²) in [7, 11) is 3.27. The fraction of sp³-hybridized carbons (Fsp3) is 0.318. The number of aryl methyl sites for hydroxylation is 1. The van der Waals surface area contributed by atoms with Gasteiger partial charge in [-0.1, -0.05) is 24.3 Å². The second kappa shape index (κ2) is 10.9. The van der Waals surface area contributed by atoms with Crippen molar-refractivity contribution in [3.8, 4) is 11.5 Å². The molecule has 0 amide bonds. The van der Waals surface area contributed by atoms with Crippen molar-refractivity contribution in [2.75, 3.05) is 27.3 Å². The number of rotatable bonds is 8. The number of fused-ring (bicyclic) bond motifs is 1. The maximum absolute atomic E-state index is 6.02. The molecule has 1 aromatic heterocycles. The lowest BCUT2D eigenvalue weighted by molar-refractivity contribution is 0.354. The van der Waals surface area contributed by atoms with Gasteiger partial charge >= 0.3 is 0 Å². The van der Waals surface area contributed by atoms with Crippen molar-refractivity contribution in [1.82, 2.24) is 10.3 Å². The van der Waals surface area contributed by atoms with Crippen LogP contribution in [0.5, 0.6) is 11.5 Å². The summed E-state index contributed by atoms with van der Waals surface area (Å²) in [6, 6.07) is 14.3. The Bertz CT molecular complexity index is 969. The lowest BCUT2D eigenvalue weighted by Gasteiger charge is -2.10. The molecule has 3 rings (SSSR count). The molecule has 7 heteroatoms. The second-order valence-electron chi connectivity index (χ2n) is 6.66. The zero-order valence-corrected chi connectivity index (χ0v) is 19.4. The van der Waals surface area contributed by atoms with Crippen molar-refractivity contribution in [2.24, 2.45) is 10.7 Å². The summed E-state index contributed by atoms with van der Waals surface area (Å²) >= 11 is 0. The molecule has 0 bridgehead atoms. The van der Waals surface area contributed by atoms with Crippen LogP contribution in [-0.2, 0) is 12.8 Å². The summed E-state index contributed by atoms with van der Waals surface area (Å²) in [5.41, 5.74) is 10.8. The van der Waals surface area contributed by atoms with Crippen LogP contribution in [-0.4, -0.2) is 38.3 Å². The molecule has 0 fully saturated rings. The smallest absolute Gasteiger partial charge is 0.188 e. The summed E-state index contributed by atoms with van der Waals surface area (Å²) in [6.45, 7) is 3.46. The van der Waals surface area contributed by atoms with E-state index in [0.717, 1.165) is 29.9 Å². The number of guanidine groups is 1. The van der Waals surface area contributed by atoms with Gasteiger partial charge in [0.1, 0.15) is 0 Å². The van der Waals surface area contributed by atoms with Gasteiger partial charge in [-0.2, -0.15) is 0 Å². The van der Waals surface area contributed by atoms with E-state index >= 15 is 0 Å². The zero-order chi connectivity index (χ0) is 19.9. The standard InChI is InChI=1S/C22H28N4O2.HI/c1-15-17(18-6-4-5-7-19(18)26-15)11-13-25-22(23)24-12-10-16-8-9-20(27-2)21(14-16)28-3;/h4-9,14,26H,10-13H2,1-3H3,(H3,23,24,25);1H. The van der Waals surface area contributed by atoms with E-state index in [1.165, 1.54) is 22.2 Å². The van der Waals surface area contributed by atoms with E-state index in [1.54, 1.807) is 14.2 Å². The topological polar surface area (TPSA) is 84.7 Å². The molecular formula is C22H29IN4O2. The molecular weight excluding hydrogens is 479 g/mol. The van der Waals surface area contributed by atoms with Gasteiger partial charge in [0.2, 0.25) is 0 Å². The lowest BCUT2D eigenvalue weighted by Crippen LogP contribution is -2.33. The van der Waals surface area contributed by atoms with Gasteiger partial charge in [-0.15, -0.1) is 24.0 Å². The average Bonchev–Trinajstić information content (AvgIpc) is 3.03. The Balaban J connectivity index is 0.00000300. The van der Waals surface area contributed by atoms with Crippen LogP contribution >= 0.6 is 24.0 Å². The first-order valence-corrected chi connectivity index (χ1v) is 9.43. The molecule has 29 heavy (non-hydrogen) atoms. The first-order chi connectivity index (χ1) is 13.6. The molecule has 0 aliphatic carbocycles. The number of hydrogen-bond acceptors (Lipinski definition) is 3. The second-order valence-corrected chi connectivity index (χ2v) is 6.66. The number of H-pyrrole nitrogens is 1. The number of nitrogens with zero attached hydrogens (tertiary/aromatic N) is 1. The number of para-hydroxylation sites is 1. The molecule has 0 saturated carbocycles. The summed E-state index contributed by atoms with van der Waals surface area (Å²) in [4.78, 5) is 7.88. The third-order valence-corrected chi connectivity index (χ3v) is 4.84. The van der Waals surface area contributed by atoms with Gasteiger partial charge in [-0.3, -0.25) is 4.99 Å². The predicted octanol–water partition coefficient (Wildman–Crippen LogP) is 3.80. The molecule has 6 nitrogen and oxygen atoms in total. The molecule has 4 N–H and O–H groups in total. The molecule has 0 unspecified atom stereocenters. The van der Waals surface area contributed by atoms with Crippen molar-refractivity contribution >= 4 is 40.8 Å². The first kappa shape index (κ1) is 22.9. The minimum Gasteiger partial charge on any atom is -0.493 e. The minimum absolute atomic E-state index is 0. The molecule has 0 aliphatic rings. The predicted molar refractivity (Wildman–Crippen MR) is 130 cm³/mol. The van der Waals surface area contributed by atoms with E-state index in [2.05, 4.69) is 40.4 Å². The first-order valence-electron chi connectivity index (χ1n) is 9.43. The number of aliphatic imine (C=N–C) groups is 1. The summed E-state index contributed by atoms with van der Waals surface area (Å²) < 4.78 is 10.6. The molecule has 0 aliphatic heterocycles. The Labute approximate surface area is 188 Å². The number of benzene rings is 2. The van der Waals surface area contributed by atoms with Crippen LogP contribution in [0.2, 0.25) is 0 Å². The molecule has 0 spiro atoms. The van der Waals surface area contributed by atoms with Crippen LogP contribution in [0.1, 0.15) is 16.8 Å². The Morgan fingerprint density at radius 2 is 1.83 bits per heavy atom. The maximum atomic E-state index is 6.02. The van der Waals surface area contributed by atoms with Gasteiger partial charge in [0.05, 0.1) is 14.2 Å². The number of ether oxygens (including phenoxy) is 2. The van der Waals surface area contributed by atoms with E-state index in [9.17, 15) is 0 Å². The van der Waals surface area contributed by atoms with Gasteiger partial charge in [0.25, 0.3) is 0 Å². The molecule has 3 aromatic rings. The minimum atomic E-state index is 0. The quantitative estimate of drug-likeness (QED) is 0.246. The number of methoxy groups -OCH3 is 2. The van der Waals surface area contributed by atoms with E-state index < -0.39 is 0 Å². The lowest BCUT2D eigenvalue weighted by atomic mass is 10.1. The third-order valence-electron chi connectivity index (χ3n) is 4.84. The van der Waals surface area contributed by atoms with E-state index in [4.69, 9.17) is 15.2 Å². The molecule has 156 valence electrons. The number of aromatic amines is 1. The van der Waals surface area contributed by atoms with E-state index in [0.29, 0.717) is 19.0 Å². The van der Waals surface area contributed by atoms with Crippen LogP contribution in [0.3, 0.4) is 0 Å². The average molecular weight is 508 g/mol. The molecule has 2 aromatic carbocycles. The van der Waals surface area contributed by atoms with Crippen molar-refractivity contribution in [1.29, 1.82) is 0 Å². The maximum Gasteiger partial charge on any atom is 0.188 e. The van der Waals surface area contributed by atoms with E-state index in [-0.39, 0.29) is 24.0 Å². The monoisotopic (exact) mass is 508 g/mol. The third kappa shape index (κ3) is 5.79. The fourth-order valence-electron chi connectivity index (χ4n) is 3.37. The van der Waals surface area contributed by atoms with Crippen LogP contribution in [0.15, 0.2) is 47.5 Å². The summed E-state index contributed by atoms with van der Waals surface area (Å²) in [5, 5.41) is 4.44. The molecule has 1 heterocycles. The number of nitrogens with two attached hydrogens (primary N) is 1. The van der Waals surface area contributed by atoms with Gasteiger partial charge in [0.15, 0.2) is 17.5 Å². The highest BCUT2D eigenvalue weighted by molar-refractivity contribution is 14.0. The van der Waals surface area contributed by atoms with Gasteiger partial charge in [-0.05, 0) is 49.1 Å². The van der Waals surface area contributed by atoms with E-state index in [1.807, 2.05) is 24.3 Å². The largest absolute Gasteiger partial charge is 0.493 e. The van der Waals surface area contributed by atoms with Crippen LogP contribution in [0, 0.1) is 6.92 Å². The van der Waals surface area contributed by atoms with Crippen molar-refractivity contribution in [3.63, 3.8) is 0 Å². The summed E-state index contributed by atoms with van der Waals surface area (Å²) in [5.74, 6) is 1.93. The normalized spacial score (nSPS) is 11.2. The zero-order valence-electron chi connectivity index (χ0n) is 17.1. The molecule has 0 atom stereocenters. The highest BCUT2D eigenvalue weighted by atomic mass is 127. The number of hydrogen-bond donors (Lipinski definition) is 3. The van der Waals surface area contributed by atoms with Crippen molar-refractivity contribution < 1.29 is 9.47 Å². The SMILES string of the molecule is COc1ccc(CCNC(N)=NCCc2c(C)[nH]c3ccccc23)cc1OC.I. The van der Waals surface area contributed by atoms with Crippen LogP contribution < -0.4 is 20.5 Å². The Hall–Kier alpha value is -2.42. The fourth-order valence-corrected chi connectivity index (χ4v) is 3.37. The summed E-state index contributed by atoms with van der Waals surface area (Å²) in [6.07, 6.45) is 1.67. The Morgan fingerprint density at radius 1 is 1.07 bits per heavy atom. The Kier molecular flexibility index (Phi) is 8.63. The van der Waals surface area contributed by atoms with Crippen molar-refractivity contribution in [3.05, 3.63) is 59.3 Å². The number of nitrogens with one attached hydrogen (secondary N) is 2. The molecule has 0 radical (unpaired) electrons. The molecule has 0 saturated heterocycles. The highest BCUT2D eigenvalue weighted by Gasteiger charge is 2.07. The van der Waals surface area contributed by atoms with Gasteiger partial charge in [-0.25, -0.2) is 0 Å². The van der Waals surface area contributed by atoms with Crippen LogP contribution in [0.25, 0.3) is 10.9 Å².